The summed E-state index contributed by atoms with van der Waals surface area (Å²) in [6.07, 6.45) is 0. The van der Waals surface area contributed by atoms with E-state index in [1.54, 1.807) is 20.3 Å². The van der Waals surface area contributed by atoms with Gasteiger partial charge in [-0.25, -0.2) is 0 Å². The summed E-state index contributed by atoms with van der Waals surface area (Å²) in [4.78, 5) is 0. The van der Waals surface area contributed by atoms with Crippen LogP contribution in [0.4, 0.5) is 5.69 Å². The molecule has 1 aromatic carbocycles. The molecule has 6 heteroatoms. The number of anilines is 1. The summed E-state index contributed by atoms with van der Waals surface area (Å²) in [6, 6.07) is 5.46. The number of methoxy groups -OCH3 is 2. The Morgan fingerprint density at radius 2 is 1.82 bits per heavy atom. The Balaban J connectivity index is 2.72. The number of nitrogens with one attached hydrogen (secondary N) is 2. The molecular weight excluding hydrogens is 238 g/mol. The highest BCUT2D eigenvalue weighted by Crippen LogP contribution is 2.25. The van der Waals surface area contributed by atoms with E-state index in [0.29, 0.717) is 29.7 Å². The van der Waals surface area contributed by atoms with Gasteiger partial charge in [0.15, 0.2) is 5.11 Å². The van der Waals surface area contributed by atoms with Crippen LogP contribution in [0.15, 0.2) is 18.2 Å². The predicted molar refractivity (Wildman–Crippen MR) is 72.8 cm³/mol. The Morgan fingerprint density at radius 3 is 2.29 bits per heavy atom. The maximum absolute atomic E-state index is 5.37. The lowest BCUT2D eigenvalue weighted by molar-refractivity contribution is 0.395. The molecule has 0 aromatic heterocycles. The average molecular weight is 255 g/mol. The first-order valence-electron chi connectivity index (χ1n) is 5.17. The van der Waals surface area contributed by atoms with Gasteiger partial charge in [0.05, 0.1) is 14.2 Å². The van der Waals surface area contributed by atoms with Crippen LogP contribution in [0.1, 0.15) is 0 Å². The summed E-state index contributed by atoms with van der Waals surface area (Å²) >= 11 is 5.10. The molecule has 0 aliphatic heterocycles. The maximum Gasteiger partial charge on any atom is 0.170 e. The standard InChI is InChI=1S/C11H17N3O2S/c1-15-9-5-8(6-10(7-9)16-2)14-11(17)13-4-3-12/h5-7H,3-4,12H2,1-2H3,(H2,13,14,17). The molecule has 94 valence electrons. The van der Waals surface area contributed by atoms with Gasteiger partial charge in [-0.3, -0.25) is 0 Å². The maximum atomic E-state index is 5.37. The Morgan fingerprint density at radius 1 is 1.24 bits per heavy atom. The molecule has 4 N–H and O–H groups in total. The molecule has 0 saturated carbocycles. The highest BCUT2D eigenvalue weighted by Gasteiger charge is 2.03. The van der Waals surface area contributed by atoms with E-state index in [9.17, 15) is 0 Å². The van der Waals surface area contributed by atoms with Crippen molar-refractivity contribution in [1.29, 1.82) is 0 Å². The number of thiocarbonyl (C=S) groups is 1. The molecule has 0 fully saturated rings. The minimum atomic E-state index is 0.519. The van der Waals surface area contributed by atoms with Crippen molar-refractivity contribution in [2.75, 3.05) is 32.6 Å². The molecule has 17 heavy (non-hydrogen) atoms. The lowest BCUT2D eigenvalue weighted by Crippen LogP contribution is -2.32. The zero-order valence-corrected chi connectivity index (χ0v) is 10.8. The number of hydrogen-bond donors (Lipinski definition) is 3. The molecular formula is C11H17N3O2S. The predicted octanol–water partition coefficient (Wildman–Crippen LogP) is 0.949. The third kappa shape index (κ3) is 4.46. The van der Waals surface area contributed by atoms with Crippen LogP contribution in [0, 0.1) is 0 Å². The molecule has 5 nitrogen and oxygen atoms in total. The Kier molecular flexibility index (Phi) is 5.51. The van der Waals surface area contributed by atoms with E-state index in [2.05, 4.69) is 10.6 Å². The molecule has 0 saturated heterocycles. The first-order chi connectivity index (χ1) is 8.19. The summed E-state index contributed by atoms with van der Waals surface area (Å²) < 4.78 is 10.3. The average Bonchev–Trinajstić information content (AvgIpc) is 2.35. The smallest absolute Gasteiger partial charge is 0.170 e. The first kappa shape index (κ1) is 13.5. The minimum Gasteiger partial charge on any atom is -0.497 e. The van der Waals surface area contributed by atoms with E-state index in [1.165, 1.54) is 0 Å². The zero-order chi connectivity index (χ0) is 12.7. The number of ether oxygens (including phenoxy) is 2. The van der Waals surface area contributed by atoms with Gasteiger partial charge in [-0.05, 0) is 12.2 Å². The van der Waals surface area contributed by atoms with Crippen LogP contribution in [0.5, 0.6) is 11.5 Å². The number of benzene rings is 1. The summed E-state index contributed by atoms with van der Waals surface area (Å²) in [5, 5.41) is 6.52. The van der Waals surface area contributed by atoms with Gasteiger partial charge < -0.3 is 25.8 Å². The van der Waals surface area contributed by atoms with Gasteiger partial charge in [0, 0.05) is 37.0 Å². The van der Waals surface area contributed by atoms with E-state index < -0.39 is 0 Å². The van der Waals surface area contributed by atoms with E-state index in [4.69, 9.17) is 27.4 Å². The lowest BCUT2D eigenvalue weighted by atomic mass is 10.3. The number of rotatable bonds is 5. The van der Waals surface area contributed by atoms with Crippen LogP contribution < -0.4 is 25.8 Å². The fraction of sp³-hybridized carbons (Fsp3) is 0.364. The van der Waals surface area contributed by atoms with Crippen LogP contribution in [0.2, 0.25) is 0 Å². The molecule has 0 atom stereocenters. The normalized spacial score (nSPS) is 9.59. The Labute approximate surface area is 106 Å². The van der Waals surface area contributed by atoms with E-state index in [-0.39, 0.29) is 0 Å². The van der Waals surface area contributed by atoms with Crippen LogP contribution in [-0.4, -0.2) is 32.4 Å². The molecule has 0 amide bonds. The highest BCUT2D eigenvalue weighted by molar-refractivity contribution is 7.80. The molecule has 0 spiro atoms. The van der Waals surface area contributed by atoms with Gasteiger partial charge in [-0.15, -0.1) is 0 Å². The zero-order valence-electron chi connectivity index (χ0n) is 9.95. The third-order valence-corrected chi connectivity index (χ3v) is 2.29. The quantitative estimate of drug-likeness (QED) is 0.681. The van der Waals surface area contributed by atoms with Crippen LogP contribution in [0.3, 0.4) is 0 Å². The van der Waals surface area contributed by atoms with Crippen molar-refractivity contribution in [2.24, 2.45) is 5.73 Å². The summed E-state index contributed by atoms with van der Waals surface area (Å²) in [5.74, 6) is 1.40. The van der Waals surface area contributed by atoms with E-state index >= 15 is 0 Å². The lowest BCUT2D eigenvalue weighted by Gasteiger charge is -2.12. The molecule has 0 aliphatic carbocycles. The fourth-order valence-corrected chi connectivity index (χ4v) is 1.46. The monoisotopic (exact) mass is 255 g/mol. The molecule has 1 rings (SSSR count). The van der Waals surface area contributed by atoms with Crippen molar-refractivity contribution < 1.29 is 9.47 Å². The summed E-state index contributed by atoms with van der Waals surface area (Å²) in [7, 11) is 3.20. The van der Waals surface area contributed by atoms with Crippen LogP contribution >= 0.6 is 12.2 Å². The van der Waals surface area contributed by atoms with Gasteiger partial charge >= 0.3 is 0 Å². The van der Waals surface area contributed by atoms with Gasteiger partial charge in [0.1, 0.15) is 11.5 Å². The van der Waals surface area contributed by atoms with Crippen molar-refractivity contribution in [3.8, 4) is 11.5 Å². The largest absolute Gasteiger partial charge is 0.497 e. The number of nitrogens with two attached hydrogens (primary N) is 1. The van der Waals surface area contributed by atoms with Crippen molar-refractivity contribution in [1.82, 2.24) is 5.32 Å². The van der Waals surface area contributed by atoms with Gasteiger partial charge in [0.25, 0.3) is 0 Å². The first-order valence-corrected chi connectivity index (χ1v) is 5.58. The number of hydrogen-bond acceptors (Lipinski definition) is 4. The van der Waals surface area contributed by atoms with Gasteiger partial charge in [-0.1, -0.05) is 0 Å². The third-order valence-electron chi connectivity index (χ3n) is 2.04. The van der Waals surface area contributed by atoms with Gasteiger partial charge in [-0.2, -0.15) is 0 Å². The molecule has 1 aromatic rings. The molecule has 0 bridgehead atoms. The van der Waals surface area contributed by atoms with Crippen LogP contribution in [0.25, 0.3) is 0 Å². The summed E-state index contributed by atoms with van der Waals surface area (Å²) in [5.41, 5.74) is 6.17. The Bertz CT molecular complexity index is 363. The highest BCUT2D eigenvalue weighted by atomic mass is 32.1. The van der Waals surface area contributed by atoms with E-state index in [0.717, 1.165) is 5.69 Å². The second-order valence-corrected chi connectivity index (χ2v) is 3.68. The molecule has 0 radical (unpaired) electrons. The molecule has 0 unspecified atom stereocenters. The van der Waals surface area contributed by atoms with E-state index in [1.807, 2.05) is 12.1 Å². The van der Waals surface area contributed by atoms with Crippen molar-refractivity contribution in [3.05, 3.63) is 18.2 Å². The SMILES string of the molecule is COc1cc(NC(=S)NCCN)cc(OC)c1. The van der Waals surface area contributed by atoms with Crippen molar-refractivity contribution in [2.45, 2.75) is 0 Å². The van der Waals surface area contributed by atoms with Gasteiger partial charge in [0.2, 0.25) is 0 Å². The van der Waals surface area contributed by atoms with Crippen molar-refractivity contribution in [3.63, 3.8) is 0 Å². The summed E-state index contributed by atoms with van der Waals surface area (Å²) in [6.45, 7) is 1.16. The van der Waals surface area contributed by atoms with Crippen LogP contribution in [-0.2, 0) is 0 Å². The molecule has 0 heterocycles. The van der Waals surface area contributed by atoms with Crippen molar-refractivity contribution >= 4 is 23.0 Å². The second kappa shape index (κ2) is 6.93. The molecule has 0 aliphatic rings. The minimum absolute atomic E-state index is 0.519. The second-order valence-electron chi connectivity index (χ2n) is 3.27. The fourth-order valence-electron chi connectivity index (χ4n) is 1.24. The topological polar surface area (TPSA) is 68.5 Å². The Hall–Kier alpha value is -1.53.